The van der Waals surface area contributed by atoms with Crippen molar-refractivity contribution < 1.29 is 0 Å². The fourth-order valence-electron chi connectivity index (χ4n) is 1.87. The molecular weight excluding hydrogens is 194 g/mol. The van der Waals surface area contributed by atoms with Crippen LogP contribution in [0.5, 0.6) is 0 Å². The summed E-state index contributed by atoms with van der Waals surface area (Å²) >= 11 is 0. The lowest BCUT2D eigenvalue weighted by Crippen LogP contribution is -2.14. The molecule has 0 bridgehead atoms. The standard InChI is InChI=1S/C15H25N/c1-11(2)10-14(16)12-6-8-13(9-7-12)15(3,4)5/h6-9,11,14H,10,16H2,1-5H3. The van der Waals surface area contributed by atoms with E-state index in [1.54, 1.807) is 0 Å². The molecule has 1 unspecified atom stereocenters. The summed E-state index contributed by atoms with van der Waals surface area (Å²) in [5, 5.41) is 0. The van der Waals surface area contributed by atoms with Crippen molar-refractivity contribution in [2.45, 2.75) is 52.5 Å². The summed E-state index contributed by atoms with van der Waals surface area (Å²) < 4.78 is 0. The number of benzene rings is 1. The summed E-state index contributed by atoms with van der Waals surface area (Å²) in [5.41, 5.74) is 9.00. The van der Waals surface area contributed by atoms with E-state index in [0.717, 1.165) is 6.42 Å². The van der Waals surface area contributed by atoms with E-state index in [1.807, 2.05) is 0 Å². The molecule has 0 aliphatic carbocycles. The second-order valence-electron chi connectivity index (χ2n) is 6.11. The molecule has 0 amide bonds. The van der Waals surface area contributed by atoms with Gasteiger partial charge in [-0.2, -0.15) is 0 Å². The lowest BCUT2D eigenvalue weighted by Gasteiger charge is -2.20. The summed E-state index contributed by atoms with van der Waals surface area (Å²) in [7, 11) is 0. The Morgan fingerprint density at radius 2 is 1.56 bits per heavy atom. The zero-order valence-electron chi connectivity index (χ0n) is 11.2. The molecule has 0 saturated heterocycles. The first-order valence-electron chi connectivity index (χ1n) is 6.16. The van der Waals surface area contributed by atoms with Crippen LogP contribution < -0.4 is 5.73 Å². The molecule has 1 nitrogen and oxygen atoms in total. The second kappa shape index (κ2) is 5.01. The summed E-state index contributed by atoms with van der Waals surface area (Å²) in [6.45, 7) is 11.1. The highest BCUT2D eigenvalue weighted by atomic mass is 14.6. The van der Waals surface area contributed by atoms with Gasteiger partial charge in [0.2, 0.25) is 0 Å². The van der Waals surface area contributed by atoms with Crippen molar-refractivity contribution in [3.8, 4) is 0 Å². The van der Waals surface area contributed by atoms with E-state index >= 15 is 0 Å². The summed E-state index contributed by atoms with van der Waals surface area (Å²) in [6.07, 6.45) is 1.05. The van der Waals surface area contributed by atoms with Gasteiger partial charge in [0.15, 0.2) is 0 Å². The number of nitrogens with two attached hydrogens (primary N) is 1. The van der Waals surface area contributed by atoms with E-state index < -0.39 is 0 Å². The zero-order valence-corrected chi connectivity index (χ0v) is 11.2. The maximum atomic E-state index is 6.16. The molecule has 1 rings (SSSR count). The fourth-order valence-corrected chi connectivity index (χ4v) is 1.87. The Bertz CT molecular complexity index is 316. The Labute approximate surface area is 100 Å². The zero-order chi connectivity index (χ0) is 12.3. The molecule has 1 heteroatoms. The first-order valence-corrected chi connectivity index (χ1v) is 6.16. The first-order chi connectivity index (χ1) is 7.30. The highest BCUT2D eigenvalue weighted by molar-refractivity contribution is 5.29. The van der Waals surface area contributed by atoms with Crippen molar-refractivity contribution in [1.82, 2.24) is 0 Å². The Balaban J connectivity index is 2.79. The summed E-state index contributed by atoms with van der Waals surface area (Å²) in [5.74, 6) is 0.650. The van der Waals surface area contributed by atoms with Gasteiger partial charge in [0.25, 0.3) is 0 Å². The third-order valence-corrected chi connectivity index (χ3v) is 2.93. The van der Waals surface area contributed by atoms with Crippen molar-refractivity contribution in [3.63, 3.8) is 0 Å². The number of rotatable bonds is 3. The van der Waals surface area contributed by atoms with Gasteiger partial charge in [-0.1, -0.05) is 58.9 Å². The molecule has 90 valence electrons. The molecule has 1 aromatic carbocycles. The maximum Gasteiger partial charge on any atom is 0.0297 e. The van der Waals surface area contributed by atoms with Crippen LogP contribution in [0.15, 0.2) is 24.3 Å². The lowest BCUT2D eigenvalue weighted by atomic mass is 9.86. The van der Waals surface area contributed by atoms with Crippen molar-refractivity contribution in [2.75, 3.05) is 0 Å². The van der Waals surface area contributed by atoms with E-state index in [1.165, 1.54) is 11.1 Å². The van der Waals surface area contributed by atoms with Gasteiger partial charge < -0.3 is 5.73 Å². The lowest BCUT2D eigenvalue weighted by molar-refractivity contribution is 0.509. The average Bonchev–Trinajstić information content (AvgIpc) is 2.15. The van der Waals surface area contributed by atoms with Gasteiger partial charge in [0, 0.05) is 6.04 Å². The third-order valence-electron chi connectivity index (χ3n) is 2.93. The smallest absolute Gasteiger partial charge is 0.0297 e. The normalized spacial score (nSPS) is 14.2. The van der Waals surface area contributed by atoms with Gasteiger partial charge in [0.1, 0.15) is 0 Å². The molecular formula is C15H25N. The fraction of sp³-hybridized carbons (Fsp3) is 0.600. The van der Waals surface area contributed by atoms with Gasteiger partial charge in [-0.25, -0.2) is 0 Å². The molecule has 2 N–H and O–H groups in total. The van der Waals surface area contributed by atoms with Crippen LogP contribution in [-0.2, 0) is 5.41 Å². The van der Waals surface area contributed by atoms with E-state index in [9.17, 15) is 0 Å². The first kappa shape index (κ1) is 13.2. The predicted molar refractivity (Wildman–Crippen MR) is 71.5 cm³/mol. The topological polar surface area (TPSA) is 26.0 Å². The van der Waals surface area contributed by atoms with Crippen LogP contribution in [0.3, 0.4) is 0 Å². The number of hydrogen-bond acceptors (Lipinski definition) is 1. The molecule has 1 atom stereocenters. The monoisotopic (exact) mass is 219 g/mol. The average molecular weight is 219 g/mol. The molecule has 0 spiro atoms. The molecule has 0 aliphatic heterocycles. The van der Waals surface area contributed by atoms with Gasteiger partial charge in [-0.05, 0) is 28.9 Å². The second-order valence-corrected chi connectivity index (χ2v) is 6.11. The van der Waals surface area contributed by atoms with Crippen LogP contribution in [0.4, 0.5) is 0 Å². The highest BCUT2D eigenvalue weighted by Crippen LogP contribution is 2.25. The van der Waals surface area contributed by atoms with Crippen molar-refractivity contribution in [3.05, 3.63) is 35.4 Å². The van der Waals surface area contributed by atoms with Gasteiger partial charge >= 0.3 is 0 Å². The Kier molecular flexibility index (Phi) is 4.15. The molecule has 0 aromatic heterocycles. The maximum absolute atomic E-state index is 6.16. The van der Waals surface area contributed by atoms with Crippen LogP contribution in [0.1, 0.15) is 58.2 Å². The molecule has 0 fully saturated rings. The largest absolute Gasteiger partial charge is 0.324 e. The van der Waals surface area contributed by atoms with Gasteiger partial charge in [-0.3, -0.25) is 0 Å². The van der Waals surface area contributed by atoms with Crippen molar-refractivity contribution in [2.24, 2.45) is 11.7 Å². The minimum absolute atomic E-state index is 0.175. The Morgan fingerprint density at radius 1 is 1.06 bits per heavy atom. The minimum Gasteiger partial charge on any atom is -0.324 e. The van der Waals surface area contributed by atoms with Crippen LogP contribution in [0.25, 0.3) is 0 Å². The molecule has 0 saturated carbocycles. The van der Waals surface area contributed by atoms with Crippen LogP contribution >= 0.6 is 0 Å². The molecule has 0 radical (unpaired) electrons. The van der Waals surface area contributed by atoms with Gasteiger partial charge in [-0.15, -0.1) is 0 Å². The summed E-state index contributed by atoms with van der Waals surface area (Å²) in [6, 6.07) is 8.93. The SMILES string of the molecule is CC(C)CC(N)c1ccc(C(C)(C)C)cc1. The predicted octanol–water partition coefficient (Wildman–Crippen LogP) is 4.03. The summed E-state index contributed by atoms with van der Waals surface area (Å²) in [4.78, 5) is 0. The molecule has 1 aromatic rings. The quantitative estimate of drug-likeness (QED) is 0.816. The molecule has 0 heterocycles. The Hall–Kier alpha value is -0.820. The van der Waals surface area contributed by atoms with E-state index in [2.05, 4.69) is 58.9 Å². The van der Waals surface area contributed by atoms with E-state index in [4.69, 9.17) is 5.73 Å². The van der Waals surface area contributed by atoms with Crippen molar-refractivity contribution in [1.29, 1.82) is 0 Å². The Morgan fingerprint density at radius 3 is 1.94 bits per heavy atom. The molecule has 0 aliphatic rings. The van der Waals surface area contributed by atoms with Crippen LogP contribution in [0, 0.1) is 5.92 Å². The highest BCUT2D eigenvalue weighted by Gasteiger charge is 2.14. The third kappa shape index (κ3) is 3.64. The number of hydrogen-bond donors (Lipinski definition) is 1. The van der Waals surface area contributed by atoms with Gasteiger partial charge in [0.05, 0.1) is 0 Å². The minimum atomic E-state index is 0.175. The van der Waals surface area contributed by atoms with E-state index in [0.29, 0.717) is 5.92 Å². The molecule has 16 heavy (non-hydrogen) atoms. The van der Waals surface area contributed by atoms with E-state index in [-0.39, 0.29) is 11.5 Å². The van der Waals surface area contributed by atoms with Crippen LogP contribution in [-0.4, -0.2) is 0 Å². The van der Waals surface area contributed by atoms with Crippen molar-refractivity contribution >= 4 is 0 Å². The van der Waals surface area contributed by atoms with Crippen LogP contribution in [0.2, 0.25) is 0 Å².